The van der Waals surface area contributed by atoms with Gasteiger partial charge in [-0.2, -0.15) is 5.10 Å². The van der Waals surface area contributed by atoms with Crippen molar-refractivity contribution in [2.45, 2.75) is 6.42 Å². The zero-order valence-corrected chi connectivity index (χ0v) is 8.99. The summed E-state index contributed by atoms with van der Waals surface area (Å²) in [6.45, 7) is 0. The lowest BCUT2D eigenvalue weighted by Crippen LogP contribution is -2.02. The van der Waals surface area contributed by atoms with Gasteiger partial charge in [-0.25, -0.2) is 0 Å². The molecule has 1 N–H and O–H groups in total. The molecule has 0 unspecified atom stereocenters. The molecule has 78 valence electrons. The van der Waals surface area contributed by atoms with Crippen molar-refractivity contribution in [3.63, 3.8) is 0 Å². The molecule has 0 saturated carbocycles. The maximum absolute atomic E-state index is 10.7. The molecule has 5 heteroatoms. The third kappa shape index (κ3) is 2.07. The molecule has 0 radical (unpaired) electrons. The van der Waals surface area contributed by atoms with Gasteiger partial charge >= 0.3 is 5.97 Å². The lowest BCUT2D eigenvalue weighted by Gasteiger charge is -1.95. The molecular formula is C10H10N2O2S. The highest BCUT2D eigenvalue weighted by molar-refractivity contribution is 7.13. The summed E-state index contributed by atoms with van der Waals surface area (Å²) in [6.07, 6.45) is 1.82. The van der Waals surface area contributed by atoms with E-state index in [1.54, 1.807) is 23.1 Å². The summed E-state index contributed by atoms with van der Waals surface area (Å²) in [4.78, 5) is 11.7. The molecule has 15 heavy (non-hydrogen) atoms. The SMILES string of the molecule is Cn1cc(-c2cccs2)c(CC(=O)O)n1. The van der Waals surface area contributed by atoms with Crippen LogP contribution in [0, 0.1) is 0 Å². The summed E-state index contributed by atoms with van der Waals surface area (Å²) in [5, 5.41) is 14.9. The molecule has 0 fully saturated rings. The molecule has 0 aliphatic rings. The van der Waals surface area contributed by atoms with Crippen LogP contribution in [-0.2, 0) is 18.3 Å². The average molecular weight is 222 g/mol. The first-order valence-corrected chi connectivity index (χ1v) is 5.33. The minimum Gasteiger partial charge on any atom is -0.481 e. The number of carboxylic acids is 1. The largest absolute Gasteiger partial charge is 0.481 e. The van der Waals surface area contributed by atoms with Gasteiger partial charge in [-0.15, -0.1) is 11.3 Å². The van der Waals surface area contributed by atoms with Gasteiger partial charge in [-0.3, -0.25) is 9.48 Å². The third-order valence-corrected chi connectivity index (χ3v) is 2.91. The zero-order chi connectivity index (χ0) is 10.8. The van der Waals surface area contributed by atoms with Crippen LogP contribution in [0.5, 0.6) is 0 Å². The first-order valence-electron chi connectivity index (χ1n) is 4.45. The molecule has 0 spiro atoms. The number of carboxylic acid groups (broad SMARTS) is 1. The molecular weight excluding hydrogens is 212 g/mol. The van der Waals surface area contributed by atoms with E-state index in [0.29, 0.717) is 5.69 Å². The van der Waals surface area contributed by atoms with E-state index in [2.05, 4.69) is 5.10 Å². The number of thiophene rings is 1. The van der Waals surface area contributed by atoms with Gasteiger partial charge in [-0.05, 0) is 11.4 Å². The van der Waals surface area contributed by atoms with Crippen molar-refractivity contribution in [2.75, 3.05) is 0 Å². The molecule has 0 aliphatic heterocycles. The van der Waals surface area contributed by atoms with E-state index in [4.69, 9.17) is 5.11 Å². The Bertz CT molecular complexity index is 474. The maximum atomic E-state index is 10.7. The average Bonchev–Trinajstić information content (AvgIpc) is 2.72. The van der Waals surface area contributed by atoms with Crippen LogP contribution in [0.4, 0.5) is 0 Å². The first-order chi connectivity index (χ1) is 7.16. The standard InChI is InChI=1S/C10H10N2O2S/c1-12-6-7(9-3-2-4-15-9)8(11-12)5-10(13)14/h2-4,6H,5H2,1H3,(H,13,14). The minimum absolute atomic E-state index is 0.0337. The zero-order valence-electron chi connectivity index (χ0n) is 8.17. The molecule has 2 aromatic heterocycles. The Labute approximate surface area is 90.8 Å². The summed E-state index contributed by atoms with van der Waals surface area (Å²) in [7, 11) is 1.79. The Morgan fingerprint density at radius 2 is 2.47 bits per heavy atom. The van der Waals surface area contributed by atoms with Crippen molar-refractivity contribution in [3.05, 3.63) is 29.4 Å². The van der Waals surface area contributed by atoms with Crippen molar-refractivity contribution >= 4 is 17.3 Å². The van der Waals surface area contributed by atoms with Gasteiger partial charge in [0.1, 0.15) is 0 Å². The van der Waals surface area contributed by atoms with Crippen LogP contribution >= 0.6 is 11.3 Å². The Balaban J connectivity index is 2.42. The summed E-state index contributed by atoms with van der Waals surface area (Å²) < 4.78 is 1.65. The Kier molecular flexibility index (Phi) is 2.55. The fraction of sp³-hybridized carbons (Fsp3) is 0.200. The van der Waals surface area contributed by atoms with E-state index < -0.39 is 5.97 Å². The summed E-state index contributed by atoms with van der Waals surface area (Å²) in [6, 6.07) is 3.91. The van der Waals surface area contributed by atoms with Crippen LogP contribution in [0.25, 0.3) is 10.4 Å². The summed E-state index contributed by atoms with van der Waals surface area (Å²) >= 11 is 1.58. The van der Waals surface area contributed by atoms with Crippen LogP contribution < -0.4 is 0 Å². The monoisotopic (exact) mass is 222 g/mol. The van der Waals surface area contributed by atoms with E-state index in [9.17, 15) is 4.79 Å². The van der Waals surface area contributed by atoms with Gasteiger partial charge in [0.2, 0.25) is 0 Å². The first kappa shape index (κ1) is 9.92. The van der Waals surface area contributed by atoms with Crippen LogP contribution in [0.2, 0.25) is 0 Å². The fourth-order valence-corrected chi connectivity index (χ4v) is 2.20. The normalized spacial score (nSPS) is 10.5. The van der Waals surface area contributed by atoms with Gasteiger partial charge in [0, 0.05) is 23.7 Å². The number of hydrogen-bond acceptors (Lipinski definition) is 3. The maximum Gasteiger partial charge on any atom is 0.309 e. The van der Waals surface area contributed by atoms with Gasteiger partial charge in [-0.1, -0.05) is 6.07 Å². The topological polar surface area (TPSA) is 55.1 Å². The number of aryl methyl sites for hydroxylation is 1. The number of nitrogens with zero attached hydrogens (tertiary/aromatic N) is 2. The molecule has 0 aliphatic carbocycles. The second kappa shape index (κ2) is 3.86. The van der Waals surface area contributed by atoms with Crippen LogP contribution in [0.1, 0.15) is 5.69 Å². The molecule has 2 aromatic rings. The highest BCUT2D eigenvalue weighted by Gasteiger charge is 2.13. The van der Waals surface area contributed by atoms with E-state index in [-0.39, 0.29) is 6.42 Å². The number of aromatic nitrogens is 2. The fourth-order valence-electron chi connectivity index (χ4n) is 1.45. The van der Waals surface area contributed by atoms with Crippen molar-refractivity contribution in [3.8, 4) is 10.4 Å². The molecule has 2 heterocycles. The van der Waals surface area contributed by atoms with E-state index in [0.717, 1.165) is 10.4 Å². The van der Waals surface area contributed by atoms with Crippen molar-refractivity contribution in [1.29, 1.82) is 0 Å². The smallest absolute Gasteiger partial charge is 0.309 e. The minimum atomic E-state index is -0.855. The predicted molar refractivity (Wildman–Crippen MR) is 57.9 cm³/mol. The van der Waals surface area contributed by atoms with Crippen LogP contribution in [-0.4, -0.2) is 20.9 Å². The van der Waals surface area contributed by atoms with E-state index in [1.807, 2.05) is 23.7 Å². The number of rotatable bonds is 3. The molecule has 0 amide bonds. The Hall–Kier alpha value is -1.62. The predicted octanol–water partition coefficient (Wildman–Crippen LogP) is 1.78. The lowest BCUT2D eigenvalue weighted by atomic mass is 10.2. The summed E-state index contributed by atoms with van der Waals surface area (Å²) in [5.41, 5.74) is 1.53. The van der Waals surface area contributed by atoms with Crippen LogP contribution in [0.15, 0.2) is 23.7 Å². The highest BCUT2D eigenvalue weighted by atomic mass is 32.1. The van der Waals surface area contributed by atoms with Crippen molar-refractivity contribution in [1.82, 2.24) is 9.78 Å². The molecule has 0 aromatic carbocycles. The quantitative estimate of drug-likeness (QED) is 0.861. The Morgan fingerprint density at radius 3 is 3.07 bits per heavy atom. The number of hydrogen-bond donors (Lipinski definition) is 1. The van der Waals surface area contributed by atoms with Crippen molar-refractivity contribution in [2.24, 2.45) is 7.05 Å². The molecule has 0 atom stereocenters. The number of carbonyl (C=O) groups is 1. The lowest BCUT2D eigenvalue weighted by molar-refractivity contribution is -0.136. The van der Waals surface area contributed by atoms with Gasteiger partial charge in [0.05, 0.1) is 12.1 Å². The van der Waals surface area contributed by atoms with Gasteiger partial charge < -0.3 is 5.11 Å². The van der Waals surface area contributed by atoms with E-state index >= 15 is 0 Å². The molecule has 0 saturated heterocycles. The second-order valence-electron chi connectivity index (χ2n) is 3.21. The molecule has 0 bridgehead atoms. The second-order valence-corrected chi connectivity index (χ2v) is 4.16. The molecule has 2 rings (SSSR count). The van der Waals surface area contributed by atoms with E-state index in [1.165, 1.54) is 0 Å². The van der Waals surface area contributed by atoms with Crippen LogP contribution in [0.3, 0.4) is 0 Å². The molecule has 4 nitrogen and oxygen atoms in total. The van der Waals surface area contributed by atoms with Gasteiger partial charge in [0.25, 0.3) is 0 Å². The Morgan fingerprint density at radius 1 is 1.67 bits per heavy atom. The number of aliphatic carboxylic acids is 1. The van der Waals surface area contributed by atoms with Crippen molar-refractivity contribution < 1.29 is 9.90 Å². The summed E-state index contributed by atoms with van der Waals surface area (Å²) in [5.74, 6) is -0.855. The third-order valence-electron chi connectivity index (χ3n) is 2.01. The highest BCUT2D eigenvalue weighted by Crippen LogP contribution is 2.27. The van der Waals surface area contributed by atoms with Gasteiger partial charge in [0.15, 0.2) is 0 Å².